The third-order valence-corrected chi connectivity index (χ3v) is 4.61. The fourth-order valence-electron chi connectivity index (χ4n) is 2.77. The Morgan fingerprint density at radius 1 is 1.19 bits per heavy atom. The number of nitrogens with one attached hydrogen (secondary N) is 2. The van der Waals surface area contributed by atoms with Crippen LogP contribution >= 0.6 is 23.2 Å². The third kappa shape index (κ3) is 3.84. The quantitative estimate of drug-likeness (QED) is 0.647. The number of methoxy groups -OCH3 is 1. The Hall–Kier alpha value is -2.50. The normalized spacial score (nSPS) is 12.0. The molecule has 0 fully saturated rings. The summed E-state index contributed by atoms with van der Waals surface area (Å²) in [6.07, 6.45) is 2.11. The lowest BCUT2D eigenvalue weighted by atomic mass is 10.0. The number of halogens is 2. The van der Waals surface area contributed by atoms with Crippen molar-refractivity contribution in [2.24, 2.45) is 0 Å². The first-order valence-corrected chi connectivity index (χ1v) is 8.64. The predicted octanol–water partition coefficient (Wildman–Crippen LogP) is 3.99. The van der Waals surface area contributed by atoms with Crippen LogP contribution in [0.4, 0.5) is 0 Å². The second-order valence-corrected chi connectivity index (χ2v) is 6.58. The minimum Gasteiger partial charge on any atom is -0.467 e. The number of hydrogen-bond donors (Lipinski definition) is 2. The number of aromatic amines is 1. The summed E-state index contributed by atoms with van der Waals surface area (Å²) < 4.78 is 4.84. The summed E-state index contributed by atoms with van der Waals surface area (Å²) in [6.45, 7) is 0. The smallest absolute Gasteiger partial charge is 0.328 e. The maximum atomic E-state index is 12.5. The molecule has 0 unspecified atom stereocenters. The van der Waals surface area contributed by atoms with E-state index in [9.17, 15) is 9.59 Å². The molecule has 0 aliphatic carbocycles. The first-order chi connectivity index (χ1) is 12.5. The highest BCUT2D eigenvalue weighted by Gasteiger charge is 2.24. The van der Waals surface area contributed by atoms with Gasteiger partial charge in [-0.1, -0.05) is 41.4 Å². The lowest BCUT2D eigenvalue weighted by molar-refractivity contribution is -0.142. The Balaban J connectivity index is 1.84. The molecular weight excluding hydrogens is 375 g/mol. The highest BCUT2D eigenvalue weighted by Crippen LogP contribution is 2.22. The molecule has 0 bridgehead atoms. The van der Waals surface area contributed by atoms with Gasteiger partial charge in [0, 0.05) is 28.5 Å². The third-order valence-electron chi connectivity index (χ3n) is 4.07. The standard InChI is InChI=1S/C19H16Cl2N2O3/c1-26-19(25)17(8-11-10-22-16-5-3-2-4-13(11)16)23-18(24)14-7-6-12(20)9-15(14)21/h2-7,9-10,17,22H,8H2,1H3,(H,23,24)/t17-/m0/s1. The fraction of sp³-hybridized carbons (Fsp3) is 0.158. The molecule has 134 valence electrons. The molecule has 1 amide bonds. The van der Waals surface area contributed by atoms with E-state index in [1.165, 1.54) is 19.2 Å². The van der Waals surface area contributed by atoms with Crippen molar-refractivity contribution in [2.45, 2.75) is 12.5 Å². The summed E-state index contributed by atoms with van der Waals surface area (Å²) in [5.74, 6) is -1.00. The molecular formula is C19H16Cl2N2O3. The van der Waals surface area contributed by atoms with Gasteiger partial charge in [-0.25, -0.2) is 4.79 Å². The van der Waals surface area contributed by atoms with Crippen LogP contribution in [0.1, 0.15) is 15.9 Å². The monoisotopic (exact) mass is 390 g/mol. The lowest BCUT2D eigenvalue weighted by Crippen LogP contribution is -2.43. The SMILES string of the molecule is COC(=O)[C@H](Cc1c[nH]c2ccccc12)NC(=O)c1ccc(Cl)cc1Cl. The maximum absolute atomic E-state index is 12.5. The lowest BCUT2D eigenvalue weighted by Gasteiger charge is -2.17. The molecule has 1 atom stereocenters. The number of H-pyrrole nitrogens is 1. The van der Waals surface area contributed by atoms with Crippen LogP contribution in [0.3, 0.4) is 0 Å². The zero-order valence-electron chi connectivity index (χ0n) is 13.9. The number of aromatic nitrogens is 1. The van der Waals surface area contributed by atoms with Crippen molar-refractivity contribution in [3.8, 4) is 0 Å². The number of rotatable bonds is 5. The summed E-state index contributed by atoms with van der Waals surface area (Å²) >= 11 is 11.9. The van der Waals surface area contributed by atoms with Gasteiger partial charge in [0.1, 0.15) is 6.04 Å². The largest absolute Gasteiger partial charge is 0.467 e. The van der Waals surface area contributed by atoms with E-state index in [1.807, 2.05) is 30.5 Å². The molecule has 0 saturated heterocycles. The van der Waals surface area contributed by atoms with Gasteiger partial charge in [0.05, 0.1) is 17.7 Å². The van der Waals surface area contributed by atoms with Gasteiger partial charge in [0.2, 0.25) is 0 Å². The topological polar surface area (TPSA) is 71.2 Å². The van der Waals surface area contributed by atoms with Crippen molar-refractivity contribution in [2.75, 3.05) is 7.11 Å². The minimum absolute atomic E-state index is 0.214. The number of fused-ring (bicyclic) bond motifs is 1. The van der Waals surface area contributed by atoms with Crippen LogP contribution in [0.25, 0.3) is 10.9 Å². The molecule has 5 nitrogen and oxygen atoms in total. The van der Waals surface area contributed by atoms with Crippen molar-refractivity contribution in [3.63, 3.8) is 0 Å². The number of amides is 1. The van der Waals surface area contributed by atoms with Crippen molar-refractivity contribution in [1.29, 1.82) is 0 Å². The van der Waals surface area contributed by atoms with E-state index < -0.39 is 17.9 Å². The summed E-state index contributed by atoms with van der Waals surface area (Å²) in [7, 11) is 1.28. The molecule has 1 heterocycles. The number of hydrogen-bond acceptors (Lipinski definition) is 3. The molecule has 0 spiro atoms. The van der Waals surface area contributed by atoms with E-state index in [2.05, 4.69) is 10.3 Å². The van der Waals surface area contributed by atoms with Crippen molar-refractivity contribution in [1.82, 2.24) is 10.3 Å². The number of carbonyl (C=O) groups is 2. The highest BCUT2D eigenvalue weighted by molar-refractivity contribution is 6.36. The molecule has 3 aromatic rings. The fourth-order valence-corrected chi connectivity index (χ4v) is 3.26. The molecule has 7 heteroatoms. The van der Waals surface area contributed by atoms with Crippen LogP contribution in [-0.2, 0) is 16.0 Å². The molecule has 2 N–H and O–H groups in total. The van der Waals surface area contributed by atoms with Crippen molar-refractivity contribution < 1.29 is 14.3 Å². The second kappa shape index (κ2) is 7.81. The molecule has 3 rings (SSSR count). The van der Waals surface area contributed by atoms with Gasteiger partial charge < -0.3 is 15.0 Å². The first kappa shape index (κ1) is 18.3. The van der Waals surface area contributed by atoms with Gasteiger partial charge in [-0.05, 0) is 29.8 Å². The summed E-state index contributed by atoms with van der Waals surface area (Å²) in [6, 6.07) is 11.4. The van der Waals surface area contributed by atoms with Crippen molar-refractivity contribution in [3.05, 3.63) is 69.8 Å². The zero-order chi connectivity index (χ0) is 18.7. The Morgan fingerprint density at radius 2 is 1.96 bits per heavy atom. The molecule has 1 aromatic heterocycles. The van der Waals surface area contributed by atoms with Crippen LogP contribution < -0.4 is 5.32 Å². The molecule has 0 aliphatic heterocycles. The van der Waals surface area contributed by atoms with Gasteiger partial charge in [-0.2, -0.15) is 0 Å². The number of ether oxygens (including phenoxy) is 1. The van der Waals surface area contributed by atoms with E-state index in [-0.39, 0.29) is 17.0 Å². The van der Waals surface area contributed by atoms with Gasteiger partial charge in [-0.15, -0.1) is 0 Å². The van der Waals surface area contributed by atoms with Crippen molar-refractivity contribution >= 4 is 46.0 Å². The highest BCUT2D eigenvalue weighted by atomic mass is 35.5. The van der Waals surface area contributed by atoms with E-state index in [0.29, 0.717) is 5.02 Å². The maximum Gasteiger partial charge on any atom is 0.328 e. The van der Waals surface area contributed by atoms with E-state index in [1.54, 1.807) is 6.07 Å². The number of benzene rings is 2. The summed E-state index contributed by atoms with van der Waals surface area (Å²) in [5, 5.41) is 4.32. The van der Waals surface area contributed by atoms with Crippen LogP contribution in [0.2, 0.25) is 10.0 Å². The summed E-state index contributed by atoms with van der Waals surface area (Å²) in [5.41, 5.74) is 2.10. The first-order valence-electron chi connectivity index (χ1n) is 7.88. The predicted molar refractivity (Wildman–Crippen MR) is 102 cm³/mol. The van der Waals surface area contributed by atoms with Gasteiger partial charge in [0.15, 0.2) is 0 Å². The van der Waals surface area contributed by atoms with Gasteiger partial charge in [0.25, 0.3) is 5.91 Å². The molecule has 2 aromatic carbocycles. The Bertz CT molecular complexity index is 968. The number of carbonyl (C=O) groups excluding carboxylic acids is 2. The Morgan fingerprint density at radius 3 is 2.69 bits per heavy atom. The van der Waals surface area contributed by atoms with Gasteiger partial charge in [-0.3, -0.25) is 4.79 Å². The summed E-state index contributed by atoms with van der Waals surface area (Å²) in [4.78, 5) is 27.9. The minimum atomic E-state index is -0.849. The average Bonchev–Trinajstić information content (AvgIpc) is 3.03. The van der Waals surface area contributed by atoms with Crippen LogP contribution in [0.15, 0.2) is 48.7 Å². The van der Waals surface area contributed by atoms with Gasteiger partial charge >= 0.3 is 5.97 Å². The average molecular weight is 391 g/mol. The zero-order valence-corrected chi connectivity index (χ0v) is 15.4. The van der Waals surface area contributed by atoms with Crippen LogP contribution in [0.5, 0.6) is 0 Å². The second-order valence-electron chi connectivity index (χ2n) is 5.74. The number of esters is 1. The molecule has 26 heavy (non-hydrogen) atoms. The number of para-hydroxylation sites is 1. The van der Waals surface area contributed by atoms with E-state index >= 15 is 0 Å². The van der Waals surface area contributed by atoms with Crippen LogP contribution in [0, 0.1) is 0 Å². The Labute approximate surface area is 160 Å². The molecule has 0 radical (unpaired) electrons. The van der Waals surface area contributed by atoms with E-state index in [0.717, 1.165) is 16.5 Å². The molecule has 0 saturated carbocycles. The van der Waals surface area contributed by atoms with Crippen LogP contribution in [-0.4, -0.2) is 30.0 Å². The molecule has 0 aliphatic rings. The Kier molecular flexibility index (Phi) is 5.49. The van der Waals surface area contributed by atoms with E-state index in [4.69, 9.17) is 27.9 Å².